The number of furan rings is 1. The van der Waals surface area contributed by atoms with Crippen molar-refractivity contribution in [3.63, 3.8) is 0 Å². The maximum absolute atomic E-state index is 11.9. The minimum Gasteiger partial charge on any atom is -0.460 e. The number of halogens is 4. The molecular weight excluding hydrogens is 377 g/mol. The Kier molecular flexibility index (Phi) is 5.84. The molecule has 8 heteroatoms. The first-order valence-corrected chi connectivity index (χ1v) is 7.51. The molecule has 1 aromatic heterocycles. The zero-order valence-electron chi connectivity index (χ0n) is 11.9. The molecular formula is C15H14BrF3N2O2. The molecule has 1 amide bonds. The molecule has 0 bridgehead atoms. The summed E-state index contributed by atoms with van der Waals surface area (Å²) in [6.45, 7) is -1.31. The van der Waals surface area contributed by atoms with Crippen molar-refractivity contribution in [3.05, 3.63) is 46.6 Å². The van der Waals surface area contributed by atoms with Gasteiger partial charge in [-0.25, -0.2) is 0 Å². The molecule has 0 atom stereocenters. The smallest absolute Gasteiger partial charge is 0.405 e. The quantitative estimate of drug-likeness (QED) is 0.793. The van der Waals surface area contributed by atoms with E-state index in [1.807, 2.05) is 24.3 Å². The van der Waals surface area contributed by atoms with Gasteiger partial charge in [0.1, 0.15) is 18.1 Å². The van der Waals surface area contributed by atoms with Gasteiger partial charge in [-0.15, -0.1) is 0 Å². The molecule has 0 radical (unpaired) electrons. The lowest BCUT2D eigenvalue weighted by Gasteiger charge is -2.08. The van der Waals surface area contributed by atoms with Crippen LogP contribution in [0.2, 0.25) is 0 Å². The molecule has 124 valence electrons. The van der Waals surface area contributed by atoms with Crippen molar-refractivity contribution >= 4 is 21.8 Å². The lowest BCUT2D eigenvalue weighted by Crippen LogP contribution is -2.39. The van der Waals surface area contributed by atoms with Crippen molar-refractivity contribution in [2.24, 2.45) is 0 Å². The van der Waals surface area contributed by atoms with E-state index >= 15 is 0 Å². The molecule has 2 aromatic rings. The molecule has 0 saturated carbocycles. The number of alkyl halides is 3. The first kappa shape index (κ1) is 17.6. The SMILES string of the molecule is O=C(CNCc1ccc(-c2cccc(Br)c2)o1)NCC(F)(F)F. The van der Waals surface area contributed by atoms with Crippen LogP contribution in [0.3, 0.4) is 0 Å². The summed E-state index contributed by atoms with van der Waals surface area (Å²) in [5.41, 5.74) is 0.897. The van der Waals surface area contributed by atoms with Crippen LogP contribution in [0.25, 0.3) is 11.3 Å². The predicted molar refractivity (Wildman–Crippen MR) is 82.6 cm³/mol. The van der Waals surface area contributed by atoms with Crippen LogP contribution in [0.4, 0.5) is 13.2 Å². The standard InChI is InChI=1S/C15H14BrF3N2O2/c16-11-3-1-2-10(6-11)13-5-4-12(23-13)7-20-8-14(22)21-9-15(17,18)19/h1-6,20H,7-9H2,(H,21,22). The fourth-order valence-electron chi connectivity index (χ4n) is 1.83. The molecule has 1 aromatic carbocycles. The van der Waals surface area contributed by atoms with Crippen LogP contribution in [-0.2, 0) is 11.3 Å². The number of carbonyl (C=O) groups excluding carboxylic acids is 1. The van der Waals surface area contributed by atoms with E-state index in [2.05, 4.69) is 21.2 Å². The van der Waals surface area contributed by atoms with Crippen molar-refractivity contribution in [1.29, 1.82) is 0 Å². The second-order valence-corrected chi connectivity index (χ2v) is 5.69. The Morgan fingerprint density at radius 1 is 1.22 bits per heavy atom. The van der Waals surface area contributed by atoms with E-state index in [1.54, 1.807) is 17.4 Å². The predicted octanol–water partition coefficient (Wildman–Crippen LogP) is 3.48. The molecule has 1 heterocycles. The van der Waals surface area contributed by atoms with E-state index in [-0.39, 0.29) is 13.1 Å². The van der Waals surface area contributed by atoms with Gasteiger partial charge >= 0.3 is 6.18 Å². The van der Waals surface area contributed by atoms with Gasteiger partial charge in [-0.2, -0.15) is 13.2 Å². The van der Waals surface area contributed by atoms with Gasteiger partial charge in [-0.1, -0.05) is 28.1 Å². The molecule has 0 spiro atoms. The monoisotopic (exact) mass is 390 g/mol. The highest BCUT2D eigenvalue weighted by atomic mass is 79.9. The van der Waals surface area contributed by atoms with E-state index < -0.39 is 18.6 Å². The molecule has 0 unspecified atom stereocenters. The molecule has 0 fully saturated rings. The van der Waals surface area contributed by atoms with Crippen LogP contribution in [0.15, 0.2) is 45.3 Å². The molecule has 0 aliphatic heterocycles. The highest BCUT2D eigenvalue weighted by Gasteiger charge is 2.27. The van der Waals surface area contributed by atoms with Gasteiger partial charge in [0, 0.05) is 10.0 Å². The van der Waals surface area contributed by atoms with Gasteiger partial charge in [-0.05, 0) is 24.3 Å². The Morgan fingerprint density at radius 2 is 2.00 bits per heavy atom. The Balaban J connectivity index is 1.80. The number of hydrogen-bond acceptors (Lipinski definition) is 3. The number of rotatable bonds is 6. The largest absolute Gasteiger partial charge is 0.460 e. The summed E-state index contributed by atoms with van der Waals surface area (Å²) >= 11 is 3.37. The Hall–Kier alpha value is -1.80. The summed E-state index contributed by atoms with van der Waals surface area (Å²) in [7, 11) is 0. The topological polar surface area (TPSA) is 54.3 Å². The minimum absolute atomic E-state index is 0.219. The van der Waals surface area contributed by atoms with Gasteiger partial charge in [-0.3, -0.25) is 4.79 Å². The zero-order valence-corrected chi connectivity index (χ0v) is 13.5. The third kappa shape index (κ3) is 6.07. The average molecular weight is 391 g/mol. The Bertz CT molecular complexity index is 671. The van der Waals surface area contributed by atoms with E-state index in [0.717, 1.165) is 10.0 Å². The van der Waals surface area contributed by atoms with Crippen LogP contribution in [0.1, 0.15) is 5.76 Å². The molecule has 0 saturated heterocycles. The maximum atomic E-state index is 11.9. The third-order valence-electron chi connectivity index (χ3n) is 2.84. The molecule has 0 aliphatic rings. The highest BCUT2D eigenvalue weighted by Crippen LogP contribution is 2.24. The summed E-state index contributed by atoms with van der Waals surface area (Å²) in [6.07, 6.45) is -4.41. The summed E-state index contributed by atoms with van der Waals surface area (Å²) in [5.74, 6) is 0.536. The second-order valence-electron chi connectivity index (χ2n) is 4.77. The summed E-state index contributed by atoms with van der Waals surface area (Å²) in [4.78, 5) is 11.2. The van der Waals surface area contributed by atoms with Crippen molar-refractivity contribution in [1.82, 2.24) is 10.6 Å². The lowest BCUT2D eigenvalue weighted by atomic mass is 10.2. The first-order chi connectivity index (χ1) is 10.8. The van der Waals surface area contributed by atoms with Crippen LogP contribution < -0.4 is 10.6 Å². The van der Waals surface area contributed by atoms with E-state index in [0.29, 0.717) is 11.5 Å². The Labute approximate surface area is 139 Å². The van der Waals surface area contributed by atoms with Crippen LogP contribution in [-0.4, -0.2) is 25.2 Å². The van der Waals surface area contributed by atoms with E-state index in [1.165, 1.54) is 0 Å². The lowest BCUT2D eigenvalue weighted by molar-refractivity contribution is -0.137. The van der Waals surface area contributed by atoms with Gasteiger partial charge in [0.15, 0.2) is 0 Å². The minimum atomic E-state index is -4.41. The zero-order chi connectivity index (χ0) is 16.9. The normalized spacial score (nSPS) is 11.5. The molecule has 4 nitrogen and oxygen atoms in total. The van der Waals surface area contributed by atoms with Crippen molar-refractivity contribution in [2.45, 2.75) is 12.7 Å². The number of carbonyl (C=O) groups is 1. The summed E-state index contributed by atoms with van der Waals surface area (Å²) < 4.78 is 42.4. The average Bonchev–Trinajstić information content (AvgIpc) is 2.93. The number of amides is 1. The first-order valence-electron chi connectivity index (χ1n) is 6.72. The molecule has 2 N–H and O–H groups in total. The molecule has 23 heavy (non-hydrogen) atoms. The van der Waals surface area contributed by atoms with Crippen LogP contribution in [0, 0.1) is 0 Å². The second kappa shape index (κ2) is 7.65. The van der Waals surface area contributed by atoms with Crippen molar-refractivity contribution in [3.8, 4) is 11.3 Å². The molecule has 2 rings (SSSR count). The van der Waals surface area contributed by atoms with Gasteiger partial charge in [0.05, 0.1) is 13.1 Å². The highest BCUT2D eigenvalue weighted by molar-refractivity contribution is 9.10. The van der Waals surface area contributed by atoms with E-state index in [4.69, 9.17) is 4.42 Å². The third-order valence-corrected chi connectivity index (χ3v) is 3.33. The fourth-order valence-corrected chi connectivity index (χ4v) is 2.23. The number of hydrogen-bond donors (Lipinski definition) is 2. The van der Waals surface area contributed by atoms with Gasteiger partial charge < -0.3 is 15.1 Å². The van der Waals surface area contributed by atoms with Crippen LogP contribution >= 0.6 is 15.9 Å². The number of benzene rings is 1. The Morgan fingerprint density at radius 3 is 2.70 bits per heavy atom. The van der Waals surface area contributed by atoms with E-state index in [9.17, 15) is 18.0 Å². The van der Waals surface area contributed by atoms with Crippen LogP contribution in [0.5, 0.6) is 0 Å². The fraction of sp³-hybridized carbons (Fsp3) is 0.267. The molecule has 0 aliphatic carbocycles. The number of nitrogens with one attached hydrogen (secondary N) is 2. The maximum Gasteiger partial charge on any atom is 0.405 e. The van der Waals surface area contributed by atoms with Gasteiger partial charge in [0.2, 0.25) is 5.91 Å². The van der Waals surface area contributed by atoms with Gasteiger partial charge in [0.25, 0.3) is 0 Å². The summed E-state index contributed by atoms with van der Waals surface area (Å²) in [6, 6.07) is 11.1. The summed E-state index contributed by atoms with van der Waals surface area (Å²) in [5, 5.41) is 4.52. The van der Waals surface area contributed by atoms with Crippen molar-refractivity contribution in [2.75, 3.05) is 13.1 Å². The van der Waals surface area contributed by atoms with Crippen molar-refractivity contribution < 1.29 is 22.4 Å².